The Labute approximate surface area is 215 Å². The molecule has 0 saturated carbocycles. The van der Waals surface area contributed by atoms with E-state index in [0.29, 0.717) is 25.0 Å². The summed E-state index contributed by atoms with van der Waals surface area (Å²) in [7, 11) is 3.06. The Morgan fingerprint density at radius 1 is 1.09 bits per heavy atom. The van der Waals surface area contributed by atoms with Crippen molar-refractivity contribution in [2.75, 3.05) is 11.5 Å². The highest BCUT2D eigenvalue weighted by molar-refractivity contribution is 8.76. The molecule has 0 aromatic carbocycles. The molecule has 2 heterocycles. The average molecular weight is 530 g/mol. The molecule has 9 nitrogen and oxygen atoms in total. The van der Waals surface area contributed by atoms with Crippen LogP contribution in [-0.2, 0) is 23.9 Å². The van der Waals surface area contributed by atoms with Gasteiger partial charge in [-0.2, -0.15) is 0 Å². The lowest BCUT2D eigenvalue weighted by atomic mass is 9.97. The van der Waals surface area contributed by atoms with E-state index in [0.717, 1.165) is 18.6 Å². The van der Waals surface area contributed by atoms with Gasteiger partial charge >= 0.3 is 5.97 Å². The van der Waals surface area contributed by atoms with Gasteiger partial charge in [0.25, 0.3) is 0 Å². The predicted molar refractivity (Wildman–Crippen MR) is 139 cm³/mol. The molecule has 2 aliphatic heterocycles. The fraction of sp³-hybridized carbons (Fsp3) is 0.750. The minimum Gasteiger partial charge on any atom is -0.457 e. The van der Waals surface area contributed by atoms with E-state index in [1.807, 2.05) is 26.8 Å². The summed E-state index contributed by atoms with van der Waals surface area (Å²) in [6.07, 6.45) is 4.26. The Kier molecular flexibility index (Phi) is 13.0. The van der Waals surface area contributed by atoms with E-state index in [2.05, 4.69) is 16.0 Å². The third-order valence-corrected chi connectivity index (χ3v) is 8.18. The number of rotatable bonds is 5. The maximum Gasteiger partial charge on any atom is 0.309 e. The normalized spacial score (nSPS) is 30.7. The summed E-state index contributed by atoms with van der Waals surface area (Å²) in [4.78, 5) is 51.9. The Hall–Kier alpha value is -1.72. The monoisotopic (exact) mass is 529 g/mol. The van der Waals surface area contributed by atoms with Crippen LogP contribution in [0.1, 0.15) is 65.7 Å². The molecule has 35 heavy (non-hydrogen) atoms. The Balaban J connectivity index is 2.44. The zero-order valence-corrected chi connectivity index (χ0v) is 22.4. The highest BCUT2D eigenvalue weighted by Gasteiger charge is 2.32. The van der Waals surface area contributed by atoms with Gasteiger partial charge in [-0.3, -0.25) is 19.2 Å². The summed E-state index contributed by atoms with van der Waals surface area (Å²) in [5.74, 6) is -0.691. The van der Waals surface area contributed by atoms with Crippen LogP contribution in [0.15, 0.2) is 12.2 Å². The van der Waals surface area contributed by atoms with E-state index in [-0.39, 0.29) is 18.8 Å². The summed E-state index contributed by atoms with van der Waals surface area (Å²) in [6, 6.07) is -2.34. The van der Waals surface area contributed by atoms with Crippen molar-refractivity contribution in [3.63, 3.8) is 0 Å². The van der Waals surface area contributed by atoms with Gasteiger partial charge in [-0.1, -0.05) is 61.3 Å². The van der Waals surface area contributed by atoms with Crippen molar-refractivity contribution >= 4 is 45.3 Å². The van der Waals surface area contributed by atoms with Gasteiger partial charge in [-0.15, -0.1) is 0 Å². The van der Waals surface area contributed by atoms with Crippen LogP contribution in [0.25, 0.3) is 0 Å². The molecule has 198 valence electrons. The van der Waals surface area contributed by atoms with Crippen LogP contribution in [0.4, 0.5) is 0 Å². The summed E-state index contributed by atoms with van der Waals surface area (Å²) in [6.45, 7) is 5.91. The first-order valence-electron chi connectivity index (χ1n) is 12.4. The van der Waals surface area contributed by atoms with Gasteiger partial charge in [0.05, 0.1) is 25.0 Å². The lowest BCUT2D eigenvalue weighted by molar-refractivity contribution is -0.151. The van der Waals surface area contributed by atoms with Crippen molar-refractivity contribution in [2.24, 2.45) is 5.92 Å². The highest BCUT2D eigenvalue weighted by Crippen LogP contribution is 2.24. The number of aliphatic hydroxyl groups excluding tert-OH is 1. The molecule has 2 rings (SSSR count). The van der Waals surface area contributed by atoms with Crippen LogP contribution in [0.2, 0.25) is 0 Å². The standard InChI is InChI=1S/C24H39N3O6S2/c1-4-5-9-17-23(31)27-19-14-35-34-10-7-6-8-16(12-21(29)25-17)33-22(30)13-20(28)18(11-15(2)3)26-24(19)32/h6,8,15-20,28H,4-5,7,9-14H2,1-3H3,(H,25,29)(H,26,32)(H,27,31)/b8-6-/t16-,17-,18-,19-,20+/m1/s1. The molecular weight excluding hydrogens is 490 g/mol. The van der Waals surface area contributed by atoms with Crippen LogP contribution >= 0.6 is 21.6 Å². The predicted octanol–water partition coefficient (Wildman–Crippen LogP) is 2.08. The van der Waals surface area contributed by atoms with Crippen molar-refractivity contribution in [1.29, 1.82) is 0 Å². The molecule has 4 N–H and O–H groups in total. The number of hydrogen-bond donors (Lipinski definition) is 4. The van der Waals surface area contributed by atoms with Gasteiger partial charge < -0.3 is 25.8 Å². The molecule has 0 unspecified atom stereocenters. The third kappa shape index (κ3) is 10.8. The van der Waals surface area contributed by atoms with Crippen molar-refractivity contribution in [2.45, 2.75) is 96.1 Å². The number of ether oxygens (including phenoxy) is 1. The largest absolute Gasteiger partial charge is 0.457 e. The molecule has 5 atom stereocenters. The molecule has 0 aromatic rings. The zero-order chi connectivity index (χ0) is 25.8. The van der Waals surface area contributed by atoms with E-state index in [1.165, 1.54) is 10.8 Å². The van der Waals surface area contributed by atoms with Crippen molar-refractivity contribution in [3.05, 3.63) is 12.2 Å². The summed E-state index contributed by atoms with van der Waals surface area (Å²) >= 11 is 0. The lowest BCUT2D eigenvalue weighted by Crippen LogP contribution is -2.57. The fourth-order valence-electron chi connectivity index (χ4n) is 3.89. The number of aliphatic hydroxyl groups is 1. The summed E-state index contributed by atoms with van der Waals surface area (Å²) in [5, 5.41) is 19.2. The van der Waals surface area contributed by atoms with E-state index >= 15 is 0 Å². The maximum atomic E-state index is 13.3. The van der Waals surface area contributed by atoms with E-state index in [1.54, 1.807) is 16.9 Å². The topological polar surface area (TPSA) is 134 Å². The van der Waals surface area contributed by atoms with E-state index in [4.69, 9.17) is 4.74 Å². The minimum absolute atomic E-state index is 0.133. The highest BCUT2D eigenvalue weighted by atomic mass is 33.1. The Bertz CT molecular complexity index is 764. The first-order chi connectivity index (χ1) is 16.7. The van der Waals surface area contributed by atoms with Gasteiger partial charge in [0, 0.05) is 11.5 Å². The molecule has 0 spiro atoms. The Morgan fingerprint density at radius 2 is 1.86 bits per heavy atom. The van der Waals surface area contributed by atoms with Crippen LogP contribution in [-0.4, -0.2) is 70.6 Å². The second kappa shape index (κ2) is 15.4. The molecule has 0 aliphatic carbocycles. The molecule has 0 aromatic heterocycles. The van der Waals surface area contributed by atoms with Gasteiger partial charge in [-0.05, 0) is 31.3 Å². The molecule has 0 radical (unpaired) electrons. The van der Waals surface area contributed by atoms with Gasteiger partial charge in [0.2, 0.25) is 17.7 Å². The molecule has 1 fully saturated rings. The SMILES string of the molecule is CCCC[C@H]1NC(=O)C[C@H]2/C=C\CCSSC[C@@H](NC1=O)C(=O)N[C@H](CC(C)C)[C@@H](O)CC(=O)O2. The number of amides is 3. The number of nitrogens with one attached hydrogen (secondary N) is 3. The second-order valence-electron chi connectivity index (χ2n) is 9.40. The smallest absolute Gasteiger partial charge is 0.309 e. The number of unbranched alkanes of at least 4 members (excludes halogenated alkanes) is 1. The fourth-order valence-corrected chi connectivity index (χ4v) is 6.05. The third-order valence-electron chi connectivity index (χ3n) is 5.73. The first-order valence-corrected chi connectivity index (χ1v) is 14.9. The maximum absolute atomic E-state index is 13.3. The van der Waals surface area contributed by atoms with Crippen LogP contribution in [0.5, 0.6) is 0 Å². The zero-order valence-electron chi connectivity index (χ0n) is 20.8. The van der Waals surface area contributed by atoms with Crippen molar-refractivity contribution in [3.8, 4) is 0 Å². The van der Waals surface area contributed by atoms with Crippen molar-refractivity contribution in [1.82, 2.24) is 16.0 Å². The number of carbonyl (C=O) groups is 4. The molecular formula is C24H39N3O6S2. The molecule has 2 bridgehead atoms. The number of allylic oxidation sites excluding steroid dienone is 1. The number of fused-ring (bicyclic) bond motifs is 7. The van der Waals surface area contributed by atoms with Crippen LogP contribution in [0, 0.1) is 5.92 Å². The Morgan fingerprint density at radius 3 is 2.57 bits per heavy atom. The van der Waals surface area contributed by atoms with Gasteiger partial charge in [0.15, 0.2) is 0 Å². The second-order valence-corrected chi connectivity index (χ2v) is 12.0. The van der Waals surface area contributed by atoms with E-state index in [9.17, 15) is 24.3 Å². The van der Waals surface area contributed by atoms with Crippen molar-refractivity contribution < 1.29 is 29.0 Å². The van der Waals surface area contributed by atoms with Crippen LogP contribution < -0.4 is 16.0 Å². The number of carbonyl (C=O) groups excluding carboxylic acids is 4. The quantitative estimate of drug-likeness (QED) is 0.242. The molecule has 11 heteroatoms. The van der Waals surface area contributed by atoms with Gasteiger partial charge in [-0.25, -0.2) is 0 Å². The summed E-state index contributed by atoms with van der Waals surface area (Å²) < 4.78 is 5.53. The van der Waals surface area contributed by atoms with E-state index < -0.39 is 54.0 Å². The molecule has 1 saturated heterocycles. The van der Waals surface area contributed by atoms with Crippen LogP contribution in [0.3, 0.4) is 0 Å². The lowest BCUT2D eigenvalue weighted by Gasteiger charge is -2.28. The minimum atomic E-state index is -1.17. The number of hydrogen-bond acceptors (Lipinski definition) is 8. The number of esters is 1. The first kappa shape index (κ1) is 29.5. The summed E-state index contributed by atoms with van der Waals surface area (Å²) in [5.41, 5.74) is 0. The molecule has 3 amide bonds. The van der Waals surface area contributed by atoms with Gasteiger partial charge in [0.1, 0.15) is 18.2 Å². The molecule has 2 aliphatic rings. The average Bonchev–Trinajstić information content (AvgIpc) is 2.78.